The van der Waals surface area contributed by atoms with E-state index in [1.54, 1.807) is 20.8 Å². The largest absolute Gasteiger partial charge is 0.508 e. The average molecular weight is 561 g/mol. The van der Waals surface area contributed by atoms with Crippen LogP contribution in [0.15, 0.2) is 40.7 Å². The van der Waals surface area contributed by atoms with Gasteiger partial charge in [-0.3, -0.25) is 14.4 Å². The maximum atomic E-state index is 14.5. The van der Waals surface area contributed by atoms with Crippen LogP contribution in [0.1, 0.15) is 96.4 Å². The minimum atomic E-state index is -2.61. The van der Waals surface area contributed by atoms with Crippen LogP contribution >= 0.6 is 0 Å². The third kappa shape index (κ3) is 3.64. The summed E-state index contributed by atoms with van der Waals surface area (Å²) in [5.41, 5.74) is -1.35. The highest BCUT2D eigenvalue weighted by Gasteiger charge is 2.72. The summed E-state index contributed by atoms with van der Waals surface area (Å²) >= 11 is 0. The molecule has 0 amide bonds. The predicted molar refractivity (Wildman–Crippen MR) is 156 cm³/mol. The van der Waals surface area contributed by atoms with E-state index in [0.717, 1.165) is 29.2 Å². The summed E-state index contributed by atoms with van der Waals surface area (Å²) in [5.74, 6) is -5.05. The van der Waals surface area contributed by atoms with Crippen molar-refractivity contribution >= 4 is 28.7 Å². The van der Waals surface area contributed by atoms with Gasteiger partial charge in [-0.25, -0.2) is 0 Å². The van der Waals surface area contributed by atoms with Gasteiger partial charge in [-0.15, -0.1) is 0 Å². The fourth-order valence-corrected chi connectivity index (χ4v) is 8.42. The number of carbonyl (C=O) groups excluding carboxylic acids is 3. The summed E-state index contributed by atoms with van der Waals surface area (Å²) in [6.45, 7) is 14.2. The molecule has 4 aliphatic carbocycles. The van der Waals surface area contributed by atoms with E-state index < -0.39 is 56.8 Å². The zero-order valence-electron chi connectivity index (χ0n) is 25.1. The molecule has 41 heavy (non-hydrogen) atoms. The quantitative estimate of drug-likeness (QED) is 0.330. The van der Waals surface area contributed by atoms with E-state index in [2.05, 4.69) is 0 Å². The summed E-state index contributed by atoms with van der Waals surface area (Å²) in [5, 5.41) is 47.1. The predicted octanol–water partition coefficient (Wildman–Crippen LogP) is 6.05. The molecular formula is C34H40O7. The molecule has 1 saturated carbocycles. The lowest BCUT2D eigenvalue weighted by Gasteiger charge is -2.60. The third-order valence-electron chi connectivity index (χ3n) is 10.0. The first-order valence-corrected chi connectivity index (χ1v) is 14.4. The van der Waals surface area contributed by atoms with Gasteiger partial charge in [0.05, 0.1) is 5.56 Å². The maximum Gasteiger partial charge on any atom is 0.203 e. The number of aliphatic hydroxyl groups excluding tert-OH is 2. The van der Waals surface area contributed by atoms with Crippen molar-refractivity contribution in [3.05, 3.63) is 63.0 Å². The zero-order chi connectivity index (χ0) is 30.6. The highest BCUT2D eigenvalue weighted by molar-refractivity contribution is 6.24. The van der Waals surface area contributed by atoms with E-state index in [4.69, 9.17) is 0 Å². The van der Waals surface area contributed by atoms with Crippen molar-refractivity contribution in [1.82, 2.24) is 0 Å². The topological polar surface area (TPSA) is 132 Å². The molecule has 4 aliphatic rings. The average Bonchev–Trinajstić information content (AvgIpc) is 3.26. The molecular weight excluding hydrogens is 520 g/mol. The van der Waals surface area contributed by atoms with E-state index in [1.165, 1.54) is 0 Å². The summed E-state index contributed by atoms with van der Waals surface area (Å²) < 4.78 is 0. The number of ketones is 3. The van der Waals surface area contributed by atoms with E-state index >= 15 is 0 Å². The lowest BCUT2D eigenvalue weighted by Crippen LogP contribution is -2.69. The number of allylic oxidation sites excluding steroid dienone is 5. The second kappa shape index (κ2) is 9.02. The minimum Gasteiger partial charge on any atom is -0.508 e. The first kappa shape index (κ1) is 29.1. The highest BCUT2D eigenvalue weighted by Crippen LogP contribution is 2.65. The van der Waals surface area contributed by atoms with Gasteiger partial charge < -0.3 is 20.4 Å². The Labute approximate surface area is 241 Å². The van der Waals surface area contributed by atoms with Gasteiger partial charge >= 0.3 is 0 Å². The standard InChI is InChI=1S/C34H40O7/c1-15(2)20-12-21(19-10-9-17(5)11-19)27(36)24-22(20)13-32(7)14-33(8)25(16(3)4)28(37)23(18(6)35)30(39)34(33,41)31(40)26(32)29(24)38/h9-10,12,15-16,25,36,38-39,41H,11,13-14H2,1-8H3/t25?,32-,33-,34+/m1/s1. The number of phenols is 1. The van der Waals surface area contributed by atoms with E-state index in [9.17, 15) is 34.8 Å². The first-order valence-electron chi connectivity index (χ1n) is 14.4. The second-order valence-electron chi connectivity index (χ2n) is 13.7. The van der Waals surface area contributed by atoms with Gasteiger partial charge in [0.2, 0.25) is 5.78 Å². The lowest BCUT2D eigenvalue weighted by molar-refractivity contribution is -0.178. The Morgan fingerprint density at radius 1 is 1.05 bits per heavy atom. The number of rotatable bonds is 4. The number of fused-ring (bicyclic) bond motifs is 3. The molecule has 4 N–H and O–H groups in total. The van der Waals surface area contributed by atoms with Gasteiger partial charge in [-0.2, -0.15) is 0 Å². The van der Waals surface area contributed by atoms with Gasteiger partial charge in [0.25, 0.3) is 0 Å². The molecule has 0 spiro atoms. The summed E-state index contributed by atoms with van der Waals surface area (Å²) in [6, 6.07) is 1.97. The van der Waals surface area contributed by atoms with Crippen LogP contribution in [0.3, 0.4) is 0 Å². The Bertz CT molecular complexity index is 1570. The summed E-state index contributed by atoms with van der Waals surface area (Å²) in [7, 11) is 0. The smallest absolute Gasteiger partial charge is 0.203 e. The molecule has 5 rings (SSSR count). The molecule has 1 aromatic rings. The van der Waals surface area contributed by atoms with Crippen LogP contribution in [0.2, 0.25) is 0 Å². The molecule has 1 aromatic carbocycles. The van der Waals surface area contributed by atoms with Crippen molar-refractivity contribution < 1.29 is 34.8 Å². The van der Waals surface area contributed by atoms with Crippen molar-refractivity contribution in [2.45, 2.75) is 86.2 Å². The lowest BCUT2D eigenvalue weighted by atomic mass is 9.43. The molecule has 1 unspecified atom stereocenters. The molecule has 218 valence electrons. The number of hydrogen-bond acceptors (Lipinski definition) is 7. The molecule has 7 nitrogen and oxygen atoms in total. The van der Waals surface area contributed by atoms with Crippen molar-refractivity contribution in [3.63, 3.8) is 0 Å². The van der Waals surface area contributed by atoms with Crippen LogP contribution in [0.25, 0.3) is 11.3 Å². The molecule has 0 aliphatic heterocycles. The molecule has 4 atom stereocenters. The Kier molecular flexibility index (Phi) is 6.39. The number of benzene rings is 1. The SMILES string of the molecule is CC(=O)C1=C(O)[C@]2(O)C(=O)C3=C(O)c4c(O)c(C5=CC=C(C)C5)cc(C(C)C)c4C[C@]3(C)C[C@]2(C)C(C(C)C)C1=O. The van der Waals surface area contributed by atoms with Crippen molar-refractivity contribution in [2.75, 3.05) is 0 Å². The van der Waals surface area contributed by atoms with Crippen LogP contribution in [0, 0.1) is 22.7 Å². The number of aliphatic hydroxyl groups is 3. The van der Waals surface area contributed by atoms with Crippen LogP contribution in [0.4, 0.5) is 0 Å². The van der Waals surface area contributed by atoms with E-state index in [0.29, 0.717) is 12.0 Å². The van der Waals surface area contributed by atoms with Gasteiger partial charge in [0.1, 0.15) is 22.8 Å². The number of carbonyl (C=O) groups is 3. The Morgan fingerprint density at radius 3 is 2.20 bits per heavy atom. The van der Waals surface area contributed by atoms with Gasteiger partial charge in [0.15, 0.2) is 17.2 Å². The monoisotopic (exact) mass is 560 g/mol. The number of Topliss-reactive ketones (excluding diaryl/α,β-unsaturated/α-hetero) is 3. The number of hydrogen-bond donors (Lipinski definition) is 4. The molecule has 7 heteroatoms. The van der Waals surface area contributed by atoms with Crippen molar-refractivity contribution in [1.29, 1.82) is 0 Å². The van der Waals surface area contributed by atoms with Crippen LogP contribution < -0.4 is 0 Å². The highest BCUT2D eigenvalue weighted by atomic mass is 16.3. The third-order valence-corrected chi connectivity index (χ3v) is 10.0. The molecule has 0 bridgehead atoms. The normalized spacial score (nSPS) is 31.3. The molecule has 0 heterocycles. The van der Waals surface area contributed by atoms with Gasteiger partial charge in [-0.1, -0.05) is 59.3 Å². The zero-order valence-corrected chi connectivity index (χ0v) is 25.1. The van der Waals surface area contributed by atoms with Crippen LogP contribution in [0.5, 0.6) is 5.75 Å². The number of aromatic hydroxyl groups is 1. The Hall–Kier alpha value is -3.45. The van der Waals surface area contributed by atoms with E-state index in [1.807, 2.05) is 45.9 Å². The summed E-state index contributed by atoms with van der Waals surface area (Å²) in [6.07, 6.45) is 4.93. The fraction of sp³-hybridized carbons (Fsp3) is 0.500. The molecule has 0 saturated heterocycles. The van der Waals surface area contributed by atoms with Crippen LogP contribution in [-0.2, 0) is 20.8 Å². The van der Waals surface area contributed by atoms with Crippen LogP contribution in [-0.4, -0.2) is 43.4 Å². The maximum absolute atomic E-state index is 14.5. The fourth-order valence-electron chi connectivity index (χ4n) is 8.42. The number of phenolic OH excluding ortho intramolecular Hbond substituents is 1. The van der Waals surface area contributed by atoms with Crippen molar-refractivity contribution in [2.24, 2.45) is 22.7 Å². The van der Waals surface area contributed by atoms with Crippen molar-refractivity contribution in [3.8, 4) is 5.75 Å². The Morgan fingerprint density at radius 2 is 1.68 bits per heavy atom. The summed E-state index contributed by atoms with van der Waals surface area (Å²) in [4.78, 5) is 40.7. The Balaban J connectivity index is 1.83. The molecule has 0 aromatic heterocycles. The molecule has 1 fully saturated rings. The van der Waals surface area contributed by atoms with Gasteiger partial charge in [0, 0.05) is 27.9 Å². The minimum absolute atomic E-state index is 0.0358. The first-order chi connectivity index (χ1) is 18.9. The second-order valence-corrected chi connectivity index (χ2v) is 13.7. The van der Waals surface area contributed by atoms with E-state index in [-0.39, 0.29) is 41.6 Å². The molecule has 0 radical (unpaired) electrons. The van der Waals surface area contributed by atoms with Gasteiger partial charge in [-0.05, 0) is 67.7 Å².